The maximum atomic E-state index is 12.6. The number of hydrogen-bond donors (Lipinski definition) is 1. The van der Waals surface area contributed by atoms with Crippen molar-refractivity contribution in [1.82, 2.24) is 4.31 Å². The molecule has 5 nitrogen and oxygen atoms in total. The molecule has 7 heteroatoms. The van der Waals surface area contributed by atoms with Crippen molar-refractivity contribution >= 4 is 33.0 Å². The van der Waals surface area contributed by atoms with Gasteiger partial charge >= 0.3 is 0 Å². The summed E-state index contributed by atoms with van der Waals surface area (Å²) in [7, 11) is -2.01. The van der Waals surface area contributed by atoms with Crippen molar-refractivity contribution in [2.45, 2.75) is 24.8 Å². The molecule has 1 heterocycles. The van der Waals surface area contributed by atoms with E-state index in [0.29, 0.717) is 5.69 Å². The van der Waals surface area contributed by atoms with E-state index in [1.54, 1.807) is 19.2 Å². The van der Waals surface area contributed by atoms with Gasteiger partial charge in [0.2, 0.25) is 15.9 Å². The van der Waals surface area contributed by atoms with Gasteiger partial charge in [0.05, 0.1) is 10.9 Å². The standard InChI is InChI=1S/C15H18N2O3S2/c1-11(15-5-4-10-21-15)17(3)22(19,20)14-8-6-13(7-9-14)16-12(2)18/h4-11H,1-3H3,(H,16,18). The zero-order chi connectivity index (χ0) is 16.3. The van der Waals surface area contributed by atoms with Crippen LogP contribution < -0.4 is 5.32 Å². The van der Waals surface area contributed by atoms with Gasteiger partial charge < -0.3 is 5.32 Å². The Morgan fingerprint density at radius 2 is 1.86 bits per heavy atom. The van der Waals surface area contributed by atoms with Crippen LogP contribution in [-0.4, -0.2) is 25.7 Å². The number of nitrogens with zero attached hydrogens (tertiary/aromatic N) is 1. The first-order valence-electron chi connectivity index (χ1n) is 6.71. The smallest absolute Gasteiger partial charge is 0.243 e. The molecular weight excluding hydrogens is 320 g/mol. The van der Waals surface area contributed by atoms with E-state index in [0.717, 1.165) is 4.88 Å². The first-order valence-corrected chi connectivity index (χ1v) is 9.03. The number of hydrogen-bond acceptors (Lipinski definition) is 4. The van der Waals surface area contributed by atoms with Gasteiger partial charge in [-0.05, 0) is 42.6 Å². The van der Waals surface area contributed by atoms with E-state index in [9.17, 15) is 13.2 Å². The molecule has 0 aliphatic heterocycles. The number of sulfonamides is 1. The lowest BCUT2D eigenvalue weighted by Gasteiger charge is -2.23. The van der Waals surface area contributed by atoms with Crippen molar-refractivity contribution in [3.8, 4) is 0 Å². The van der Waals surface area contributed by atoms with E-state index in [1.807, 2.05) is 24.4 Å². The Balaban J connectivity index is 2.24. The summed E-state index contributed by atoms with van der Waals surface area (Å²) in [5.74, 6) is -0.195. The summed E-state index contributed by atoms with van der Waals surface area (Å²) < 4.78 is 26.6. The predicted octanol–water partition coefficient (Wildman–Crippen LogP) is 3.09. The first kappa shape index (κ1) is 16.7. The molecule has 1 amide bonds. The second-order valence-corrected chi connectivity index (χ2v) is 7.89. The lowest BCUT2D eigenvalue weighted by Crippen LogP contribution is -2.29. The van der Waals surface area contributed by atoms with E-state index in [1.165, 1.54) is 34.7 Å². The second-order valence-electron chi connectivity index (χ2n) is 4.92. The van der Waals surface area contributed by atoms with E-state index in [-0.39, 0.29) is 16.8 Å². The van der Waals surface area contributed by atoms with Gasteiger partial charge in [-0.25, -0.2) is 8.42 Å². The lowest BCUT2D eigenvalue weighted by atomic mass is 10.3. The molecule has 1 unspecified atom stereocenters. The third-order valence-electron chi connectivity index (χ3n) is 3.35. The van der Waals surface area contributed by atoms with E-state index in [2.05, 4.69) is 5.32 Å². The summed E-state index contributed by atoms with van der Waals surface area (Å²) in [5.41, 5.74) is 0.570. The number of rotatable bonds is 5. The maximum Gasteiger partial charge on any atom is 0.243 e. The summed E-state index contributed by atoms with van der Waals surface area (Å²) in [6, 6.07) is 9.74. The minimum absolute atomic E-state index is 0.195. The average Bonchev–Trinajstić information content (AvgIpc) is 2.99. The average molecular weight is 338 g/mol. The minimum atomic E-state index is -3.58. The highest BCUT2D eigenvalue weighted by atomic mass is 32.2. The number of carbonyl (C=O) groups is 1. The largest absolute Gasteiger partial charge is 0.326 e. The Kier molecular flexibility index (Phi) is 5.00. The van der Waals surface area contributed by atoms with Crippen LogP contribution in [0.2, 0.25) is 0 Å². The zero-order valence-corrected chi connectivity index (χ0v) is 14.2. The fourth-order valence-corrected chi connectivity index (χ4v) is 4.23. The van der Waals surface area contributed by atoms with Crippen molar-refractivity contribution in [1.29, 1.82) is 0 Å². The van der Waals surface area contributed by atoms with Crippen LogP contribution in [0.25, 0.3) is 0 Å². The fraction of sp³-hybridized carbons (Fsp3) is 0.267. The number of nitrogens with one attached hydrogen (secondary N) is 1. The molecule has 0 bridgehead atoms. The highest BCUT2D eigenvalue weighted by molar-refractivity contribution is 7.89. The van der Waals surface area contributed by atoms with Gasteiger partial charge in [0.15, 0.2) is 0 Å². The molecule has 0 aliphatic rings. The van der Waals surface area contributed by atoms with Gasteiger partial charge in [0, 0.05) is 24.5 Å². The van der Waals surface area contributed by atoms with Gasteiger partial charge in [-0.3, -0.25) is 4.79 Å². The van der Waals surface area contributed by atoms with Gasteiger partial charge in [0.25, 0.3) is 0 Å². The molecule has 0 spiro atoms. The number of anilines is 1. The highest BCUT2D eigenvalue weighted by Gasteiger charge is 2.26. The Morgan fingerprint density at radius 1 is 1.23 bits per heavy atom. The van der Waals surface area contributed by atoms with Crippen LogP contribution in [0.5, 0.6) is 0 Å². The van der Waals surface area contributed by atoms with Crippen LogP contribution in [0.4, 0.5) is 5.69 Å². The molecule has 1 aromatic carbocycles. The summed E-state index contributed by atoms with van der Waals surface area (Å²) in [4.78, 5) is 12.2. The molecule has 1 aromatic heterocycles. The molecule has 0 saturated carbocycles. The van der Waals surface area contributed by atoms with Crippen LogP contribution in [0, 0.1) is 0 Å². The van der Waals surface area contributed by atoms with E-state index < -0.39 is 10.0 Å². The quantitative estimate of drug-likeness (QED) is 0.911. The van der Waals surface area contributed by atoms with Gasteiger partial charge in [0.1, 0.15) is 0 Å². The number of thiophene rings is 1. The molecular formula is C15H18N2O3S2. The van der Waals surface area contributed by atoms with Crippen molar-refractivity contribution in [3.63, 3.8) is 0 Å². The fourth-order valence-electron chi connectivity index (χ4n) is 2.00. The van der Waals surface area contributed by atoms with Crippen LogP contribution >= 0.6 is 11.3 Å². The lowest BCUT2D eigenvalue weighted by molar-refractivity contribution is -0.114. The molecule has 0 saturated heterocycles. The van der Waals surface area contributed by atoms with Gasteiger partial charge in [-0.15, -0.1) is 11.3 Å². The van der Waals surface area contributed by atoms with Crippen LogP contribution in [0.15, 0.2) is 46.7 Å². The Bertz CT molecular complexity index is 738. The monoisotopic (exact) mass is 338 g/mol. The molecule has 2 aromatic rings. The number of amides is 1. The molecule has 22 heavy (non-hydrogen) atoms. The van der Waals surface area contributed by atoms with E-state index >= 15 is 0 Å². The van der Waals surface area contributed by atoms with Crippen molar-refractivity contribution in [3.05, 3.63) is 46.7 Å². The van der Waals surface area contributed by atoms with Crippen LogP contribution in [0.1, 0.15) is 24.8 Å². The SMILES string of the molecule is CC(=O)Nc1ccc(S(=O)(=O)N(C)C(C)c2cccs2)cc1. The molecule has 0 fully saturated rings. The van der Waals surface area contributed by atoms with Crippen molar-refractivity contribution < 1.29 is 13.2 Å². The van der Waals surface area contributed by atoms with Gasteiger partial charge in [-0.1, -0.05) is 6.07 Å². The zero-order valence-electron chi connectivity index (χ0n) is 12.6. The summed E-state index contributed by atoms with van der Waals surface area (Å²) >= 11 is 1.53. The second kappa shape index (κ2) is 6.60. The molecule has 2 rings (SSSR count). The third kappa shape index (κ3) is 3.55. The van der Waals surface area contributed by atoms with E-state index in [4.69, 9.17) is 0 Å². The maximum absolute atomic E-state index is 12.6. The third-order valence-corrected chi connectivity index (χ3v) is 6.34. The number of carbonyl (C=O) groups excluding carboxylic acids is 1. The number of benzene rings is 1. The summed E-state index contributed by atoms with van der Waals surface area (Å²) in [6.07, 6.45) is 0. The highest BCUT2D eigenvalue weighted by Crippen LogP contribution is 2.28. The van der Waals surface area contributed by atoms with Crippen LogP contribution in [0.3, 0.4) is 0 Å². The van der Waals surface area contributed by atoms with Crippen molar-refractivity contribution in [2.24, 2.45) is 0 Å². The molecule has 118 valence electrons. The molecule has 1 atom stereocenters. The minimum Gasteiger partial charge on any atom is -0.326 e. The topological polar surface area (TPSA) is 66.5 Å². The summed E-state index contributed by atoms with van der Waals surface area (Å²) in [5, 5.41) is 4.54. The molecule has 0 radical (unpaired) electrons. The Hall–Kier alpha value is -1.70. The molecule has 1 N–H and O–H groups in total. The predicted molar refractivity (Wildman–Crippen MR) is 88.4 cm³/mol. The van der Waals surface area contributed by atoms with Gasteiger partial charge in [-0.2, -0.15) is 4.31 Å². The van der Waals surface area contributed by atoms with Crippen molar-refractivity contribution in [2.75, 3.05) is 12.4 Å². The molecule has 0 aliphatic carbocycles. The summed E-state index contributed by atoms with van der Waals surface area (Å²) in [6.45, 7) is 3.26. The first-order chi connectivity index (χ1) is 10.3. The van der Waals surface area contributed by atoms with Crippen LogP contribution in [-0.2, 0) is 14.8 Å². The normalized spacial score (nSPS) is 13.1. The Labute approximate surface area is 134 Å². The Morgan fingerprint density at radius 3 is 2.36 bits per heavy atom.